The molecule has 0 aromatic rings. The Hall–Kier alpha value is -0.590. The van der Waals surface area contributed by atoms with E-state index in [2.05, 4.69) is 34.3 Å². The first-order chi connectivity index (χ1) is 12.5. The predicted molar refractivity (Wildman–Crippen MR) is 120 cm³/mol. The van der Waals surface area contributed by atoms with Gasteiger partial charge in [-0.05, 0) is 50.4 Å². The van der Waals surface area contributed by atoms with Gasteiger partial charge >= 0.3 is 0 Å². The van der Waals surface area contributed by atoms with Crippen molar-refractivity contribution in [1.29, 1.82) is 0 Å². The molecule has 0 saturated heterocycles. The van der Waals surface area contributed by atoms with Crippen LogP contribution >= 0.6 is 0 Å². The zero-order chi connectivity index (χ0) is 20.4. The molecular weight excluding hydrogens is 316 g/mol. The normalized spacial score (nSPS) is 20.1. The molecule has 0 bridgehead atoms. The summed E-state index contributed by atoms with van der Waals surface area (Å²) in [5, 5.41) is 0. The Labute approximate surface area is 166 Å². The van der Waals surface area contributed by atoms with E-state index in [1.54, 1.807) is 6.92 Å². The lowest BCUT2D eigenvalue weighted by atomic mass is 9.76. The maximum Gasteiger partial charge on any atom is 0.129 e. The molecule has 0 aromatic carbocycles. The van der Waals surface area contributed by atoms with Crippen LogP contribution in [0.25, 0.3) is 0 Å². The van der Waals surface area contributed by atoms with Gasteiger partial charge in [0.15, 0.2) is 0 Å². The van der Waals surface area contributed by atoms with Crippen LogP contribution in [0.1, 0.15) is 126 Å². The van der Waals surface area contributed by atoms with E-state index < -0.39 is 0 Å². The van der Waals surface area contributed by atoms with Gasteiger partial charge in [0.25, 0.3) is 0 Å². The third kappa shape index (κ3) is 14.6. The number of Topliss-reactive ketones (excluding diaryl/α,β-unsaturated/α-hetero) is 1. The quantitative estimate of drug-likeness (QED) is 0.279. The smallest absolute Gasteiger partial charge is 0.129 e. The molecule has 0 spiro atoms. The van der Waals surface area contributed by atoms with Crippen molar-refractivity contribution in [1.82, 2.24) is 0 Å². The molecule has 0 radical (unpaired) electrons. The van der Waals surface area contributed by atoms with Crippen LogP contribution in [0.3, 0.4) is 0 Å². The van der Waals surface area contributed by atoms with Crippen LogP contribution in [-0.4, -0.2) is 5.78 Å². The van der Waals surface area contributed by atoms with Gasteiger partial charge in [-0.25, -0.2) is 0 Å². The summed E-state index contributed by atoms with van der Waals surface area (Å²) in [6.07, 6.45) is 15.5. The minimum atomic E-state index is 0.300. The molecule has 3 unspecified atom stereocenters. The van der Waals surface area contributed by atoms with Gasteiger partial charge in [-0.1, -0.05) is 98.6 Å². The van der Waals surface area contributed by atoms with Crippen LogP contribution in [0.4, 0.5) is 0 Å². The average molecular weight is 367 g/mol. The van der Waals surface area contributed by atoms with E-state index in [4.69, 9.17) is 0 Å². The number of ketones is 1. The van der Waals surface area contributed by atoms with E-state index in [1.165, 1.54) is 56.9 Å². The average Bonchev–Trinajstić information content (AvgIpc) is 2.67. The highest BCUT2D eigenvalue weighted by atomic mass is 16.1. The maximum atomic E-state index is 10.7. The van der Waals surface area contributed by atoms with Gasteiger partial charge in [0.05, 0.1) is 0 Å². The highest BCUT2D eigenvalue weighted by molar-refractivity contribution is 5.75. The number of unbranched alkanes of at least 4 members (excludes halogenated alkanes) is 1. The van der Waals surface area contributed by atoms with Gasteiger partial charge < -0.3 is 4.79 Å². The van der Waals surface area contributed by atoms with Crippen LogP contribution in [-0.2, 0) is 4.79 Å². The molecule has 26 heavy (non-hydrogen) atoms. The molecule has 156 valence electrons. The van der Waals surface area contributed by atoms with E-state index in [9.17, 15) is 4.79 Å². The summed E-state index contributed by atoms with van der Waals surface area (Å²) in [7, 11) is 0. The first-order valence-electron chi connectivity index (χ1n) is 11.6. The summed E-state index contributed by atoms with van der Waals surface area (Å²) in [5.74, 6) is 3.09. The third-order valence-electron chi connectivity index (χ3n) is 5.84. The van der Waals surface area contributed by atoms with Crippen LogP contribution < -0.4 is 0 Å². The summed E-state index contributed by atoms with van der Waals surface area (Å²) >= 11 is 0. The van der Waals surface area contributed by atoms with Crippen LogP contribution in [0.15, 0.2) is 12.2 Å². The van der Waals surface area contributed by atoms with Crippen molar-refractivity contribution in [2.24, 2.45) is 17.8 Å². The number of allylic oxidation sites excluding steroid dienone is 1. The van der Waals surface area contributed by atoms with E-state index in [0.717, 1.165) is 37.5 Å². The lowest BCUT2D eigenvalue weighted by Crippen LogP contribution is -2.18. The van der Waals surface area contributed by atoms with Gasteiger partial charge in [0, 0.05) is 6.42 Å². The van der Waals surface area contributed by atoms with Crippen molar-refractivity contribution in [3.8, 4) is 0 Å². The minimum Gasteiger partial charge on any atom is -0.300 e. The van der Waals surface area contributed by atoms with E-state index >= 15 is 0 Å². The molecule has 1 aliphatic carbocycles. The standard InChI is InChI=1S/C12H22O.C11H22.C2H6/c1-5-10(2)11(3)8-6-7-9-12(4)13;1-3-7-11-9-6-5-8-10(11)4-2;1-2/h10H,3,5-9H2,1-2,4H3;10-11H,3-9H2,1-2H3;1-2H3. The molecule has 1 aliphatic rings. The van der Waals surface area contributed by atoms with Gasteiger partial charge in [0.1, 0.15) is 5.78 Å². The second-order valence-corrected chi connectivity index (χ2v) is 7.88. The number of carbonyl (C=O) groups is 1. The second-order valence-electron chi connectivity index (χ2n) is 7.88. The van der Waals surface area contributed by atoms with Gasteiger partial charge in [-0.15, -0.1) is 0 Å². The highest BCUT2D eigenvalue weighted by Crippen LogP contribution is 2.34. The maximum absolute atomic E-state index is 10.7. The largest absolute Gasteiger partial charge is 0.300 e. The fourth-order valence-corrected chi connectivity index (χ4v) is 3.83. The molecular formula is C25H50O. The van der Waals surface area contributed by atoms with Crippen molar-refractivity contribution < 1.29 is 4.79 Å². The Morgan fingerprint density at radius 3 is 2.00 bits per heavy atom. The fourth-order valence-electron chi connectivity index (χ4n) is 3.83. The Morgan fingerprint density at radius 1 is 1.00 bits per heavy atom. The first kappa shape index (κ1) is 27.6. The van der Waals surface area contributed by atoms with Crippen LogP contribution in [0.5, 0.6) is 0 Å². The molecule has 3 atom stereocenters. The van der Waals surface area contributed by atoms with Crippen molar-refractivity contribution in [2.45, 2.75) is 126 Å². The van der Waals surface area contributed by atoms with E-state index in [-0.39, 0.29) is 0 Å². The Balaban J connectivity index is 0. The Kier molecular flexibility index (Phi) is 20.4. The molecule has 0 aliphatic heterocycles. The summed E-state index contributed by atoms with van der Waals surface area (Å²) in [4.78, 5) is 10.7. The molecule has 0 heterocycles. The molecule has 0 N–H and O–H groups in total. The van der Waals surface area contributed by atoms with Gasteiger partial charge in [-0.2, -0.15) is 0 Å². The van der Waals surface area contributed by atoms with Gasteiger partial charge in [-0.3, -0.25) is 0 Å². The summed E-state index contributed by atoms with van der Waals surface area (Å²) in [6.45, 7) is 18.8. The van der Waals surface area contributed by atoms with Crippen molar-refractivity contribution in [2.75, 3.05) is 0 Å². The lowest BCUT2D eigenvalue weighted by molar-refractivity contribution is -0.117. The zero-order valence-corrected chi connectivity index (χ0v) is 19.3. The third-order valence-corrected chi connectivity index (χ3v) is 5.84. The molecule has 1 fully saturated rings. The van der Waals surface area contributed by atoms with Crippen molar-refractivity contribution in [3.05, 3.63) is 12.2 Å². The lowest BCUT2D eigenvalue weighted by Gasteiger charge is -2.30. The van der Waals surface area contributed by atoms with E-state index in [0.29, 0.717) is 11.7 Å². The topological polar surface area (TPSA) is 17.1 Å². The van der Waals surface area contributed by atoms with Crippen LogP contribution in [0, 0.1) is 17.8 Å². The summed E-state index contributed by atoms with van der Waals surface area (Å²) in [5.41, 5.74) is 1.34. The Morgan fingerprint density at radius 2 is 1.54 bits per heavy atom. The van der Waals surface area contributed by atoms with Crippen LogP contribution in [0.2, 0.25) is 0 Å². The molecule has 1 heteroatoms. The number of hydrogen-bond donors (Lipinski definition) is 0. The Bertz CT molecular complexity index is 329. The molecule has 1 saturated carbocycles. The SMILES string of the molecule is C=C(CCCCC(C)=O)C(C)CC.CC.CCCC1CCCCC1CC. The summed E-state index contributed by atoms with van der Waals surface area (Å²) < 4.78 is 0. The number of hydrogen-bond acceptors (Lipinski definition) is 1. The van der Waals surface area contributed by atoms with E-state index in [1.807, 2.05) is 13.8 Å². The molecule has 0 aromatic heterocycles. The number of carbonyl (C=O) groups excluding carboxylic acids is 1. The second kappa shape index (κ2) is 19.2. The number of rotatable bonds is 10. The minimum absolute atomic E-state index is 0.300. The van der Waals surface area contributed by atoms with Crippen molar-refractivity contribution >= 4 is 5.78 Å². The monoisotopic (exact) mass is 366 g/mol. The first-order valence-corrected chi connectivity index (χ1v) is 11.6. The van der Waals surface area contributed by atoms with Gasteiger partial charge in [0.2, 0.25) is 0 Å². The predicted octanol–water partition coefficient (Wildman–Crippen LogP) is 8.77. The molecule has 1 nitrogen and oxygen atoms in total. The van der Waals surface area contributed by atoms with Crippen molar-refractivity contribution in [3.63, 3.8) is 0 Å². The fraction of sp³-hybridized carbons (Fsp3) is 0.880. The highest BCUT2D eigenvalue weighted by Gasteiger charge is 2.22. The summed E-state index contributed by atoms with van der Waals surface area (Å²) in [6, 6.07) is 0. The zero-order valence-electron chi connectivity index (χ0n) is 19.3. The molecule has 1 rings (SSSR count). The molecule has 0 amide bonds.